The molecule has 1 aliphatic rings. The fourth-order valence-corrected chi connectivity index (χ4v) is 8.33. The van der Waals surface area contributed by atoms with Crippen LogP contribution in [0.4, 0.5) is 5.69 Å². The second-order valence-electron chi connectivity index (χ2n) is 18.2. The Morgan fingerprint density at radius 3 is 1.94 bits per heavy atom. The van der Waals surface area contributed by atoms with Gasteiger partial charge in [-0.3, -0.25) is 63.2 Å². The molecule has 29 nitrogen and oxygen atoms in total. The zero-order valence-electron chi connectivity index (χ0n) is 42.6. The minimum atomic E-state index is -1.71. The zero-order valence-corrected chi connectivity index (χ0v) is 42.6. The third-order valence-corrected chi connectivity index (χ3v) is 12.2. The van der Waals surface area contributed by atoms with E-state index in [1.165, 1.54) is 31.2 Å². The second-order valence-corrected chi connectivity index (χ2v) is 18.2. The van der Waals surface area contributed by atoms with Gasteiger partial charge in [-0.05, 0) is 69.5 Å². The van der Waals surface area contributed by atoms with Crippen LogP contribution in [-0.4, -0.2) is 143 Å². The Labute approximate surface area is 442 Å². The SMILES string of the molecule is CC(=O)N[C@@H](CCCN=C(N)N)C(=O)N[C@H]1CCC(=O)NCCC[C@@H](C(N)=O)NC(=O)[C@H](Cc2c[nH]c3ccccc23)NC(=O)[C@H](CCCN=C(N)N)NC(=O)[C@@H](Cc2ccccc2[N+](=O)[O-])NC(=O)[C@H](CCN)NC1=O. The van der Waals surface area contributed by atoms with Gasteiger partial charge in [0.15, 0.2) is 11.9 Å². The van der Waals surface area contributed by atoms with Crippen LogP contribution in [-0.2, 0) is 56.0 Å². The van der Waals surface area contributed by atoms with Gasteiger partial charge in [0.1, 0.15) is 42.3 Å². The number of para-hydroxylation sites is 2. The molecule has 4 rings (SSSR count). The van der Waals surface area contributed by atoms with Crippen LogP contribution < -0.4 is 76.9 Å². The van der Waals surface area contributed by atoms with Crippen molar-refractivity contribution in [2.45, 2.75) is 120 Å². The number of nitro groups is 1. The Bertz CT molecular complexity index is 2650. The molecule has 0 spiro atoms. The van der Waals surface area contributed by atoms with E-state index in [2.05, 4.69) is 57.5 Å². The molecule has 1 aromatic heterocycles. The molecule has 2 aromatic carbocycles. The van der Waals surface area contributed by atoms with Crippen molar-refractivity contribution in [3.8, 4) is 0 Å². The van der Waals surface area contributed by atoms with Crippen molar-refractivity contribution in [2.75, 3.05) is 26.2 Å². The molecule has 0 bridgehead atoms. The number of primary amides is 1. The van der Waals surface area contributed by atoms with E-state index in [4.69, 9.17) is 34.4 Å². The lowest BCUT2D eigenvalue weighted by atomic mass is 10.0. The Morgan fingerprint density at radius 1 is 0.727 bits per heavy atom. The molecule has 1 aliphatic heterocycles. The number of nitrogens with two attached hydrogens (primary N) is 6. The summed E-state index contributed by atoms with van der Waals surface area (Å²) >= 11 is 0. The molecular formula is C48H70N18O11. The van der Waals surface area contributed by atoms with E-state index in [1.807, 2.05) is 0 Å². The number of carbonyl (C=O) groups excluding carboxylic acids is 9. The number of benzene rings is 2. The molecule has 7 atom stereocenters. The van der Waals surface area contributed by atoms with Crippen molar-refractivity contribution in [3.63, 3.8) is 0 Å². The fraction of sp³-hybridized carbons (Fsp3) is 0.479. The average Bonchev–Trinajstić information content (AvgIpc) is 3.79. The number of aromatic nitrogens is 1. The maximum atomic E-state index is 14.7. The van der Waals surface area contributed by atoms with Crippen LogP contribution in [0.2, 0.25) is 0 Å². The van der Waals surface area contributed by atoms with Crippen LogP contribution in [0.25, 0.3) is 10.9 Å². The molecule has 2 heterocycles. The van der Waals surface area contributed by atoms with E-state index in [0.717, 1.165) is 0 Å². The number of nitro benzene ring substituents is 1. The van der Waals surface area contributed by atoms with Crippen molar-refractivity contribution in [1.82, 2.24) is 47.5 Å². The normalized spacial score (nSPS) is 20.8. The van der Waals surface area contributed by atoms with Gasteiger partial charge in [-0.25, -0.2) is 0 Å². The second kappa shape index (κ2) is 30.5. The Balaban J connectivity index is 1.81. The summed E-state index contributed by atoms with van der Waals surface area (Å²) in [6, 6.07) is 2.29. The first-order valence-electron chi connectivity index (χ1n) is 24.9. The van der Waals surface area contributed by atoms with Crippen molar-refractivity contribution in [2.24, 2.45) is 44.4 Å². The topological polar surface area (TPSA) is 490 Å². The van der Waals surface area contributed by atoms with Crippen LogP contribution in [0, 0.1) is 10.1 Å². The highest BCUT2D eigenvalue weighted by Gasteiger charge is 2.35. The van der Waals surface area contributed by atoms with Crippen LogP contribution in [0.3, 0.4) is 0 Å². The lowest BCUT2D eigenvalue weighted by Crippen LogP contribution is -2.60. The maximum Gasteiger partial charge on any atom is 0.272 e. The van der Waals surface area contributed by atoms with Gasteiger partial charge in [0, 0.05) is 74.6 Å². The molecule has 0 saturated carbocycles. The van der Waals surface area contributed by atoms with Gasteiger partial charge in [0.2, 0.25) is 53.2 Å². The summed E-state index contributed by atoms with van der Waals surface area (Å²) in [7, 11) is 0. The summed E-state index contributed by atoms with van der Waals surface area (Å²) in [6.45, 7) is 0.971. The van der Waals surface area contributed by atoms with Gasteiger partial charge in [0.25, 0.3) is 5.69 Å². The number of hydrogen-bond donors (Lipinski definition) is 15. The van der Waals surface area contributed by atoms with Gasteiger partial charge >= 0.3 is 0 Å². The highest BCUT2D eigenvalue weighted by molar-refractivity contribution is 5.98. The summed E-state index contributed by atoms with van der Waals surface area (Å²) in [5, 5.41) is 33.7. The minimum absolute atomic E-state index is 0.00847. The van der Waals surface area contributed by atoms with E-state index in [0.29, 0.717) is 16.5 Å². The van der Waals surface area contributed by atoms with E-state index < -0.39 is 119 Å². The van der Waals surface area contributed by atoms with Crippen LogP contribution in [0.1, 0.15) is 75.8 Å². The number of aliphatic imine (C=N–C) groups is 2. The van der Waals surface area contributed by atoms with E-state index in [9.17, 15) is 53.3 Å². The molecule has 3 aromatic rings. The predicted molar refractivity (Wildman–Crippen MR) is 282 cm³/mol. The Morgan fingerprint density at radius 2 is 1.30 bits per heavy atom. The number of fused-ring (bicyclic) bond motifs is 1. The molecule has 0 aliphatic carbocycles. The van der Waals surface area contributed by atoms with Gasteiger partial charge in [-0.15, -0.1) is 0 Å². The predicted octanol–water partition coefficient (Wildman–Crippen LogP) is -4.09. The Kier molecular flexibility index (Phi) is 24.0. The number of rotatable bonds is 19. The summed E-state index contributed by atoms with van der Waals surface area (Å²) in [4.78, 5) is 147. The van der Waals surface area contributed by atoms with E-state index >= 15 is 0 Å². The number of aromatic amines is 1. The number of hydrogen-bond acceptors (Lipinski definition) is 14. The number of carbonyl (C=O) groups is 9. The molecule has 0 radical (unpaired) electrons. The first-order valence-corrected chi connectivity index (χ1v) is 24.9. The third kappa shape index (κ3) is 20.1. The van der Waals surface area contributed by atoms with Crippen molar-refractivity contribution in [1.29, 1.82) is 0 Å². The first kappa shape index (κ1) is 60.7. The summed E-state index contributed by atoms with van der Waals surface area (Å²) < 4.78 is 0. The monoisotopic (exact) mass is 1070 g/mol. The maximum absolute atomic E-state index is 14.7. The molecule has 77 heavy (non-hydrogen) atoms. The van der Waals surface area contributed by atoms with Crippen LogP contribution >= 0.6 is 0 Å². The van der Waals surface area contributed by atoms with Gasteiger partial charge < -0.3 is 81.9 Å². The molecule has 1 fully saturated rings. The number of amides is 9. The third-order valence-electron chi connectivity index (χ3n) is 12.2. The zero-order chi connectivity index (χ0) is 56.6. The number of guanidine groups is 2. The average molecular weight is 1080 g/mol. The van der Waals surface area contributed by atoms with Crippen LogP contribution in [0.5, 0.6) is 0 Å². The molecule has 29 heteroatoms. The number of nitrogens with zero attached hydrogens (tertiary/aromatic N) is 3. The van der Waals surface area contributed by atoms with Gasteiger partial charge in [-0.1, -0.05) is 36.4 Å². The highest BCUT2D eigenvalue weighted by Crippen LogP contribution is 2.21. The molecule has 1 saturated heterocycles. The summed E-state index contributed by atoms with van der Waals surface area (Å²) in [5.41, 5.74) is 34.5. The smallest absolute Gasteiger partial charge is 0.272 e. The number of nitrogens with one attached hydrogen (secondary N) is 9. The lowest BCUT2D eigenvalue weighted by Gasteiger charge is -2.28. The lowest BCUT2D eigenvalue weighted by molar-refractivity contribution is -0.385. The van der Waals surface area contributed by atoms with Crippen molar-refractivity contribution in [3.05, 3.63) is 76.0 Å². The summed E-state index contributed by atoms with van der Waals surface area (Å²) in [5.74, 6) is -8.24. The molecular weight excluding hydrogens is 1000 g/mol. The molecule has 9 amide bonds. The van der Waals surface area contributed by atoms with Crippen LogP contribution in [0.15, 0.2) is 64.7 Å². The minimum Gasteiger partial charge on any atom is -0.370 e. The van der Waals surface area contributed by atoms with E-state index in [1.54, 1.807) is 30.5 Å². The number of H-pyrrole nitrogens is 1. The highest BCUT2D eigenvalue weighted by atomic mass is 16.6. The quantitative estimate of drug-likeness (QED) is 0.0178. The standard InChI is InChI=1S/C48H70N18O11/c1-26(67)59-32(13-7-21-56-47(51)52)41(70)62-34-16-17-39(68)55-20-6-12-31(40(50)69)60-45(74)37(24-28-25-58-30-11-4-3-10-29(28)30)65-42(71)33(14-8-22-57-48(53)54)61-46(75)36(23-27-9-2-5-15-38(27)66(76)77)64-44(73)35(18-19-49)63-43(34)72/h2-5,9-11,15,25,31-37,58H,6-8,12-14,16-24,49H2,1H3,(H2,50,69)(H,55,68)(H,59,67)(H,60,74)(H,61,75)(H,62,70)(H,63,72)(H,64,73)(H,65,71)(H4,51,52,56)(H4,53,54,57)/t31-,32-,33-,34-,35-,36+,37-/m0/s1. The van der Waals surface area contributed by atoms with E-state index in [-0.39, 0.29) is 101 Å². The van der Waals surface area contributed by atoms with Crippen molar-refractivity contribution < 1.29 is 48.1 Å². The largest absolute Gasteiger partial charge is 0.370 e. The molecule has 0 unspecified atom stereocenters. The molecule has 21 N–H and O–H groups in total. The van der Waals surface area contributed by atoms with Gasteiger partial charge in [0.05, 0.1) is 4.92 Å². The Hall–Kier alpha value is -8.89. The molecule has 418 valence electrons. The fourth-order valence-electron chi connectivity index (χ4n) is 8.33. The van der Waals surface area contributed by atoms with Crippen molar-refractivity contribution >= 4 is 81.7 Å². The van der Waals surface area contributed by atoms with Gasteiger partial charge in [-0.2, -0.15) is 0 Å². The first-order chi connectivity index (χ1) is 36.7. The summed E-state index contributed by atoms with van der Waals surface area (Å²) in [6.07, 6.45) is 0.0652.